The van der Waals surface area contributed by atoms with Gasteiger partial charge >= 0.3 is 0 Å². The van der Waals surface area contributed by atoms with Crippen LogP contribution in [0.4, 0.5) is 0 Å². The van der Waals surface area contributed by atoms with Crippen LogP contribution < -0.4 is 20.3 Å². The van der Waals surface area contributed by atoms with Crippen molar-refractivity contribution in [2.75, 3.05) is 20.8 Å². The Morgan fingerprint density at radius 2 is 1.88 bits per heavy atom. The molecule has 1 N–H and O–H groups in total. The highest BCUT2D eigenvalue weighted by molar-refractivity contribution is 5.97. The molecule has 0 unspecified atom stereocenters. The van der Waals surface area contributed by atoms with E-state index < -0.39 is 0 Å². The number of para-hydroxylation sites is 1. The molecule has 0 aliphatic heterocycles. The topological polar surface area (TPSA) is 86.9 Å². The summed E-state index contributed by atoms with van der Waals surface area (Å²) < 4.78 is 13.7. The second-order valence-electron chi connectivity index (χ2n) is 7.77. The van der Waals surface area contributed by atoms with E-state index in [1.807, 2.05) is 26.0 Å². The highest BCUT2D eigenvalue weighted by Gasteiger charge is 2.16. The summed E-state index contributed by atoms with van der Waals surface area (Å²) in [4.78, 5) is 25.6. The lowest BCUT2D eigenvalue weighted by molar-refractivity contribution is 0.0948. The number of aryl methyl sites for hydroxylation is 2. The molecule has 2 aromatic carbocycles. The van der Waals surface area contributed by atoms with E-state index in [1.165, 1.54) is 19.8 Å². The van der Waals surface area contributed by atoms with Crippen molar-refractivity contribution in [3.05, 3.63) is 81.9 Å². The molecule has 8 nitrogen and oxygen atoms in total. The summed E-state index contributed by atoms with van der Waals surface area (Å²) >= 11 is 0. The molecule has 8 heteroatoms. The fraction of sp³-hybridized carbons (Fsp3) is 0.240. The number of hydrogen-bond acceptors (Lipinski definition) is 5. The first kappa shape index (κ1) is 22.1. The largest absolute Gasteiger partial charge is 0.493 e. The highest BCUT2D eigenvalue weighted by Crippen LogP contribution is 2.30. The lowest BCUT2D eigenvalue weighted by Crippen LogP contribution is -2.31. The summed E-state index contributed by atoms with van der Waals surface area (Å²) in [6.07, 6.45) is 3.42. The van der Waals surface area contributed by atoms with Crippen molar-refractivity contribution < 1.29 is 14.3 Å². The molecule has 0 bridgehead atoms. The lowest BCUT2D eigenvalue weighted by Gasteiger charge is -2.13. The first-order valence-corrected chi connectivity index (χ1v) is 10.6. The van der Waals surface area contributed by atoms with E-state index in [0.717, 1.165) is 16.8 Å². The summed E-state index contributed by atoms with van der Waals surface area (Å²) in [5.41, 5.74) is 4.71. The third-order valence-corrected chi connectivity index (χ3v) is 5.55. The minimum atomic E-state index is -0.304. The first-order valence-electron chi connectivity index (χ1n) is 10.6. The summed E-state index contributed by atoms with van der Waals surface area (Å²) in [6, 6.07) is 13.1. The molecule has 0 fully saturated rings. The molecule has 33 heavy (non-hydrogen) atoms. The fourth-order valence-corrected chi connectivity index (χ4v) is 3.89. The monoisotopic (exact) mass is 446 g/mol. The SMILES string of the molecule is COc1cccc(C(=O)NCCn2ccn3nc(-c4ccc(C)cc4C)cc3c2=O)c1OC. The average molecular weight is 447 g/mol. The quantitative estimate of drug-likeness (QED) is 0.471. The van der Waals surface area contributed by atoms with Crippen molar-refractivity contribution in [1.29, 1.82) is 0 Å². The van der Waals surface area contributed by atoms with Gasteiger partial charge in [0.2, 0.25) is 0 Å². The van der Waals surface area contributed by atoms with Crippen molar-refractivity contribution in [2.45, 2.75) is 20.4 Å². The Morgan fingerprint density at radius 1 is 1.06 bits per heavy atom. The van der Waals surface area contributed by atoms with E-state index in [0.29, 0.717) is 29.1 Å². The van der Waals surface area contributed by atoms with E-state index >= 15 is 0 Å². The number of nitrogens with one attached hydrogen (secondary N) is 1. The van der Waals surface area contributed by atoms with Gasteiger partial charge in [0.05, 0.1) is 25.5 Å². The minimum Gasteiger partial charge on any atom is -0.493 e. The summed E-state index contributed by atoms with van der Waals surface area (Å²) in [7, 11) is 3.01. The van der Waals surface area contributed by atoms with Crippen LogP contribution >= 0.6 is 0 Å². The second-order valence-corrected chi connectivity index (χ2v) is 7.77. The maximum Gasteiger partial charge on any atom is 0.276 e. The number of benzene rings is 2. The number of amides is 1. The van der Waals surface area contributed by atoms with Crippen LogP contribution in [0.1, 0.15) is 21.5 Å². The van der Waals surface area contributed by atoms with Gasteiger partial charge in [-0.1, -0.05) is 29.8 Å². The van der Waals surface area contributed by atoms with E-state index in [4.69, 9.17) is 9.47 Å². The van der Waals surface area contributed by atoms with Gasteiger partial charge in [-0.05, 0) is 37.6 Å². The molecular weight excluding hydrogens is 420 g/mol. The Bertz CT molecular complexity index is 1390. The molecule has 0 spiro atoms. The second kappa shape index (κ2) is 9.20. The van der Waals surface area contributed by atoms with Gasteiger partial charge in [0, 0.05) is 31.0 Å². The zero-order valence-electron chi connectivity index (χ0n) is 19.1. The van der Waals surface area contributed by atoms with E-state index in [2.05, 4.69) is 16.5 Å². The van der Waals surface area contributed by atoms with Gasteiger partial charge in [-0.3, -0.25) is 9.59 Å². The normalized spacial score (nSPS) is 10.9. The molecule has 0 saturated heterocycles. The van der Waals surface area contributed by atoms with Crippen LogP contribution in [0.3, 0.4) is 0 Å². The maximum atomic E-state index is 13.0. The summed E-state index contributed by atoms with van der Waals surface area (Å²) in [5, 5.41) is 7.40. The molecule has 4 rings (SSSR count). The van der Waals surface area contributed by atoms with Gasteiger partial charge in [0.25, 0.3) is 11.5 Å². The Kier molecular flexibility index (Phi) is 6.17. The van der Waals surface area contributed by atoms with Crippen molar-refractivity contribution >= 4 is 11.4 Å². The van der Waals surface area contributed by atoms with Gasteiger partial charge in [-0.25, -0.2) is 4.52 Å². The molecule has 0 saturated carbocycles. The molecule has 1 amide bonds. The molecule has 0 aliphatic rings. The number of hydrogen-bond donors (Lipinski definition) is 1. The number of nitrogens with zero attached hydrogens (tertiary/aromatic N) is 3. The van der Waals surface area contributed by atoms with Crippen molar-refractivity contribution in [1.82, 2.24) is 19.5 Å². The smallest absolute Gasteiger partial charge is 0.276 e. The van der Waals surface area contributed by atoms with Gasteiger partial charge < -0.3 is 19.4 Å². The predicted molar refractivity (Wildman–Crippen MR) is 126 cm³/mol. The van der Waals surface area contributed by atoms with Crippen molar-refractivity contribution in [2.24, 2.45) is 0 Å². The van der Waals surface area contributed by atoms with Crippen LogP contribution in [0, 0.1) is 13.8 Å². The number of carbonyl (C=O) groups excluding carboxylic acids is 1. The lowest BCUT2D eigenvalue weighted by atomic mass is 10.0. The van der Waals surface area contributed by atoms with E-state index in [9.17, 15) is 9.59 Å². The zero-order chi connectivity index (χ0) is 23.5. The van der Waals surface area contributed by atoms with Crippen LogP contribution in [0.5, 0.6) is 11.5 Å². The fourth-order valence-electron chi connectivity index (χ4n) is 3.89. The highest BCUT2D eigenvalue weighted by atomic mass is 16.5. The molecule has 170 valence electrons. The Hall–Kier alpha value is -4.07. The predicted octanol–water partition coefficient (Wildman–Crippen LogP) is 3.23. The van der Waals surface area contributed by atoms with Crippen LogP contribution in [0.15, 0.2) is 59.7 Å². The van der Waals surface area contributed by atoms with Crippen molar-refractivity contribution in [3.8, 4) is 22.8 Å². The van der Waals surface area contributed by atoms with Gasteiger partial charge in [0.15, 0.2) is 11.5 Å². The molecule has 0 atom stereocenters. The molecule has 2 aromatic heterocycles. The Labute approximate surface area is 191 Å². The molecule has 0 radical (unpaired) electrons. The maximum absolute atomic E-state index is 13.0. The Balaban J connectivity index is 1.51. The third kappa shape index (κ3) is 4.32. The first-order chi connectivity index (χ1) is 15.9. The van der Waals surface area contributed by atoms with Gasteiger partial charge in [0.1, 0.15) is 5.52 Å². The Morgan fingerprint density at radius 3 is 2.61 bits per heavy atom. The van der Waals surface area contributed by atoms with Crippen molar-refractivity contribution in [3.63, 3.8) is 0 Å². The number of carbonyl (C=O) groups is 1. The van der Waals surface area contributed by atoms with Crippen LogP contribution in [0.2, 0.25) is 0 Å². The summed E-state index contributed by atoms with van der Waals surface area (Å²) in [6.45, 7) is 4.66. The van der Waals surface area contributed by atoms with Crippen LogP contribution in [-0.4, -0.2) is 40.9 Å². The molecule has 4 aromatic rings. The number of rotatable bonds is 7. The molecular formula is C25H26N4O4. The van der Waals surface area contributed by atoms with Crippen LogP contribution in [0.25, 0.3) is 16.8 Å². The number of fused-ring (bicyclic) bond motifs is 1. The van der Waals surface area contributed by atoms with E-state index in [1.54, 1.807) is 45.7 Å². The van der Waals surface area contributed by atoms with E-state index in [-0.39, 0.29) is 18.0 Å². The number of aromatic nitrogens is 3. The standard InChI is InChI=1S/C25H26N4O4/c1-16-8-9-18(17(2)14-16)20-15-21-25(31)28(12-13-29(21)27-20)11-10-26-24(30)19-6-5-7-22(32-3)23(19)33-4/h5-9,12-15H,10-11H2,1-4H3,(H,26,30). The minimum absolute atomic E-state index is 0.172. The molecule has 2 heterocycles. The zero-order valence-corrected chi connectivity index (χ0v) is 19.1. The summed E-state index contributed by atoms with van der Waals surface area (Å²) in [5.74, 6) is 0.544. The van der Waals surface area contributed by atoms with Gasteiger partial charge in [-0.15, -0.1) is 0 Å². The number of methoxy groups -OCH3 is 2. The van der Waals surface area contributed by atoms with Gasteiger partial charge in [-0.2, -0.15) is 5.10 Å². The third-order valence-electron chi connectivity index (χ3n) is 5.55. The van der Waals surface area contributed by atoms with Crippen LogP contribution in [-0.2, 0) is 6.54 Å². The number of ether oxygens (including phenoxy) is 2. The average Bonchev–Trinajstić information content (AvgIpc) is 3.24. The molecule has 0 aliphatic carbocycles.